The molecule has 25 heavy (non-hydrogen) atoms. The Balaban J connectivity index is 2.43. The van der Waals surface area contributed by atoms with Gasteiger partial charge in [-0.1, -0.05) is 32.0 Å². The van der Waals surface area contributed by atoms with E-state index in [1.54, 1.807) is 0 Å². The predicted octanol–water partition coefficient (Wildman–Crippen LogP) is 5.27. The van der Waals surface area contributed by atoms with Crippen molar-refractivity contribution in [2.45, 2.75) is 25.9 Å². The zero-order chi connectivity index (χ0) is 18.4. The summed E-state index contributed by atoms with van der Waals surface area (Å²) >= 11 is 0. The second-order valence-corrected chi connectivity index (χ2v) is 6.12. The van der Waals surface area contributed by atoms with Crippen LogP contribution < -0.4 is 5.56 Å². The first-order chi connectivity index (χ1) is 11.7. The van der Waals surface area contributed by atoms with Crippen LogP contribution in [0.15, 0.2) is 53.5 Å². The van der Waals surface area contributed by atoms with Gasteiger partial charge in [-0.3, -0.25) is 9.36 Å². The lowest BCUT2D eigenvalue weighted by Gasteiger charge is -2.18. The Kier molecular flexibility index (Phi) is 4.14. The van der Waals surface area contributed by atoms with Crippen molar-refractivity contribution in [1.29, 1.82) is 0 Å². The highest BCUT2D eigenvalue weighted by molar-refractivity contribution is 5.85. The van der Waals surface area contributed by atoms with Crippen LogP contribution in [0.25, 0.3) is 16.5 Å². The van der Waals surface area contributed by atoms with Crippen molar-refractivity contribution >= 4 is 10.8 Å². The van der Waals surface area contributed by atoms with Crippen molar-refractivity contribution < 1.29 is 17.6 Å². The molecule has 0 amide bonds. The third-order valence-electron chi connectivity index (χ3n) is 4.10. The highest BCUT2D eigenvalue weighted by Gasteiger charge is 2.34. The molecule has 0 aliphatic rings. The number of halogens is 4. The van der Waals surface area contributed by atoms with Gasteiger partial charge in [0.05, 0.1) is 16.6 Å². The minimum Gasteiger partial charge on any atom is -0.283 e. The number of alkyl halides is 3. The molecule has 2 aromatic carbocycles. The summed E-state index contributed by atoms with van der Waals surface area (Å²) in [5.41, 5.74) is -1.20. The number of para-hydroxylation sites is 1. The highest BCUT2D eigenvalue weighted by atomic mass is 19.4. The average Bonchev–Trinajstić information content (AvgIpc) is 2.54. The monoisotopic (exact) mass is 349 g/mol. The lowest BCUT2D eigenvalue weighted by molar-refractivity contribution is -0.137. The van der Waals surface area contributed by atoms with E-state index in [-0.39, 0.29) is 17.0 Å². The van der Waals surface area contributed by atoms with Crippen LogP contribution in [0.2, 0.25) is 0 Å². The van der Waals surface area contributed by atoms with Crippen LogP contribution in [-0.4, -0.2) is 4.57 Å². The van der Waals surface area contributed by atoms with Crippen LogP contribution in [0.1, 0.15) is 30.9 Å². The summed E-state index contributed by atoms with van der Waals surface area (Å²) in [6.07, 6.45) is -3.19. The molecular weight excluding hydrogens is 334 g/mol. The van der Waals surface area contributed by atoms with Gasteiger partial charge in [-0.05, 0) is 41.1 Å². The Hall–Kier alpha value is -2.63. The molecule has 1 aromatic heterocycles. The van der Waals surface area contributed by atoms with Gasteiger partial charge in [0.1, 0.15) is 5.82 Å². The molecule has 3 aromatic rings. The number of nitrogens with zero attached hydrogens (tertiary/aromatic N) is 1. The first-order valence-corrected chi connectivity index (χ1v) is 7.71. The van der Waals surface area contributed by atoms with Gasteiger partial charge in [0.25, 0.3) is 5.56 Å². The zero-order valence-corrected chi connectivity index (χ0v) is 13.6. The van der Waals surface area contributed by atoms with E-state index in [1.807, 2.05) is 13.8 Å². The lowest BCUT2D eigenvalue weighted by Crippen LogP contribution is -2.22. The topological polar surface area (TPSA) is 22.0 Å². The summed E-state index contributed by atoms with van der Waals surface area (Å²) < 4.78 is 54.6. The van der Waals surface area contributed by atoms with Crippen molar-refractivity contribution in [3.8, 4) is 5.69 Å². The molecule has 0 radical (unpaired) electrons. The van der Waals surface area contributed by atoms with E-state index in [2.05, 4.69) is 0 Å². The van der Waals surface area contributed by atoms with Crippen LogP contribution in [0.3, 0.4) is 0 Å². The highest BCUT2D eigenvalue weighted by Crippen LogP contribution is 2.34. The van der Waals surface area contributed by atoms with Gasteiger partial charge in [0, 0.05) is 6.20 Å². The van der Waals surface area contributed by atoms with Crippen molar-refractivity contribution in [3.05, 3.63) is 76.0 Å². The Morgan fingerprint density at radius 3 is 2.32 bits per heavy atom. The summed E-state index contributed by atoms with van der Waals surface area (Å²) in [5, 5.41) is 0.602. The molecule has 6 heteroatoms. The zero-order valence-electron chi connectivity index (χ0n) is 13.6. The van der Waals surface area contributed by atoms with E-state index >= 15 is 0 Å². The molecule has 0 saturated heterocycles. The van der Waals surface area contributed by atoms with Gasteiger partial charge in [0.15, 0.2) is 0 Å². The van der Waals surface area contributed by atoms with E-state index in [0.717, 1.165) is 16.7 Å². The quantitative estimate of drug-likeness (QED) is 0.578. The number of hydrogen-bond donors (Lipinski definition) is 0. The van der Waals surface area contributed by atoms with E-state index < -0.39 is 23.1 Å². The molecule has 0 bridgehead atoms. The first kappa shape index (κ1) is 17.2. The molecule has 0 fully saturated rings. The number of aromatic nitrogens is 1. The molecule has 3 rings (SSSR count). The van der Waals surface area contributed by atoms with E-state index in [9.17, 15) is 22.4 Å². The average molecular weight is 349 g/mol. The molecule has 0 aliphatic carbocycles. The van der Waals surface area contributed by atoms with Crippen molar-refractivity contribution in [2.24, 2.45) is 0 Å². The molecular formula is C19H15F4NO. The van der Waals surface area contributed by atoms with E-state index in [0.29, 0.717) is 10.9 Å². The Morgan fingerprint density at radius 2 is 1.68 bits per heavy atom. The Bertz CT molecular complexity index is 1000. The van der Waals surface area contributed by atoms with Crippen molar-refractivity contribution in [3.63, 3.8) is 0 Å². The SMILES string of the molecule is CC(C)c1cn(-c2ccccc2C(F)(F)F)c(=O)c2cc(F)ccc12. The summed E-state index contributed by atoms with van der Waals surface area (Å²) in [5.74, 6) is -0.668. The molecule has 0 atom stereocenters. The van der Waals surface area contributed by atoms with Gasteiger partial charge in [-0.2, -0.15) is 13.2 Å². The molecule has 0 aliphatic heterocycles. The smallest absolute Gasteiger partial charge is 0.283 e. The molecule has 1 heterocycles. The van der Waals surface area contributed by atoms with Crippen LogP contribution in [0, 0.1) is 5.82 Å². The molecule has 0 N–H and O–H groups in total. The van der Waals surface area contributed by atoms with Crippen molar-refractivity contribution in [1.82, 2.24) is 4.57 Å². The molecule has 0 unspecified atom stereocenters. The van der Waals surface area contributed by atoms with Gasteiger partial charge >= 0.3 is 6.18 Å². The Morgan fingerprint density at radius 1 is 1.00 bits per heavy atom. The Labute approximate surface area is 141 Å². The second kappa shape index (κ2) is 6.02. The molecule has 130 valence electrons. The number of hydrogen-bond acceptors (Lipinski definition) is 1. The third-order valence-corrected chi connectivity index (χ3v) is 4.10. The van der Waals surface area contributed by atoms with Gasteiger partial charge in [-0.15, -0.1) is 0 Å². The summed E-state index contributed by atoms with van der Waals surface area (Å²) in [4.78, 5) is 12.8. The minimum absolute atomic E-state index is 0.0575. The number of pyridine rings is 1. The normalized spacial score (nSPS) is 12.1. The fourth-order valence-corrected chi connectivity index (χ4v) is 2.90. The van der Waals surface area contributed by atoms with E-state index in [4.69, 9.17) is 0 Å². The lowest BCUT2D eigenvalue weighted by atomic mass is 9.98. The van der Waals surface area contributed by atoms with Crippen LogP contribution in [0.4, 0.5) is 17.6 Å². The largest absolute Gasteiger partial charge is 0.418 e. The standard InChI is InChI=1S/C19H15F4NO/c1-11(2)15-10-24(17-6-4-3-5-16(17)19(21,22)23)18(25)14-9-12(20)7-8-13(14)15/h3-11H,1-2H3. The summed E-state index contributed by atoms with van der Waals surface area (Å²) in [6.45, 7) is 3.73. The molecule has 0 saturated carbocycles. The molecule has 0 spiro atoms. The van der Waals surface area contributed by atoms with Crippen molar-refractivity contribution in [2.75, 3.05) is 0 Å². The molecule has 2 nitrogen and oxygen atoms in total. The first-order valence-electron chi connectivity index (χ1n) is 7.71. The fraction of sp³-hybridized carbons (Fsp3) is 0.211. The fourth-order valence-electron chi connectivity index (χ4n) is 2.90. The van der Waals surface area contributed by atoms with E-state index in [1.165, 1.54) is 36.5 Å². The van der Waals surface area contributed by atoms with Crippen LogP contribution >= 0.6 is 0 Å². The van der Waals surface area contributed by atoms with Gasteiger partial charge in [-0.25, -0.2) is 4.39 Å². The third kappa shape index (κ3) is 3.04. The maximum atomic E-state index is 13.6. The maximum absolute atomic E-state index is 13.6. The minimum atomic E-state index is -4.61. The number of rotatable bonds is 2. The summed E-state index contributed by atoms with van der Waals surface area (Å²) in [6, 6.07) is 8.65. The summed E-state index contributed by atoms with van der Waals surface area (Å²) in [7, 11) is 0. The predicted molar refractivity (Wildman–Crippen MR) is 88.6 cm³/mol. The maximum Gasteiger partial charge on any atom is 0.418 e. The number of fused-ring (bicyclic) bond motifs is 1. The van der Waals surface area contributed by atoms with Crippen LogP contribution in [0.5, 0.6) is 0 Å². The van der Waals surface area contributed by atoms with Gasteiger partial charge in [0.2, 0.25) is 0 Å². The van der Waals surface area contributed by atoms with Gasteiger partial charge < -0.3 is 0 Å². The van der Waals surface area contributed by atoms with Crippen LogP contribution in [-0.2, 0) is 6.18 Å². The second-order valence-electron chi connectivity index (χ2n) is 6.12. The number of benzene rings is 2.